The second-order valence-electron chi connectivity index (χ2n) is 5.65. The zero-order chi connectivity index (χ0) is 18.4. The molecule has 2 aromatic heterocycles. The van der Waals surface area contributed by atoms with Crippen molar-refractivity contribution >= 4 is 23.1 Å². The van der Waals surface area contributed by atoms with Crippen LogP contribution in [0.5, 0.6) is 5.75 Å². The Labute approximate surface area is 160 Å². The van der Waals surface area contributed by atoms with Crippen molar-refractivity contribution in [2.45, 2.75) is 17.9 Å². The third-order valence-electron chi connectivity index (χ3n) is 3.72. The minimum absolute atomic E-state index is 0.300. The molecule has 2 heterocycles. The Morgan fingerprint density at radius 1 is 1.23 bits per heavy atom. The van der Waals surface area contributed by atoms with Crippen molar-refractivity contribution in [1.82, 2.24) is 14.8 Å². The number of ether oxygens (including phenoxy) is 2. The van der Waals surface area contributed by atoms with Gasteiger partial charge in [0.25, 0.3) is 0 Å². The van der Waals surface area contributed by atoms with E-state index in [1.807, 2.05) is 53.4 Å². The number of thioether (sulfide) groups is 1. The summed E-state index contributed by atoms with van der Waals surface area (Å²) in [4.78, 5) is 1.15. The van der Waals surface area contributed by atoms with E-state index in [1.165, 1.54) is 11.8 Å². The molecule has 0 aliphatic heterocycles. The number of benzene rings is 1. The molecule has 0 spiro atoms. The van der Waals surface area contributed by atoms with E-state index in [0.29, 0.717) is 19.0 Å². The van der Waals surface area contributed by atoms with E-state index in [9.17, 15) is 5.11 Å². The SMILES string of the molecule is COc1ccc(-c2nnc(SCC(O)COCc3cccs3)n2C)cc1. The first-order chi connectivity index (χ1) is 12.7. The summed E-state index contributed by atoms with van der Waals surface area (Å²) in [5, 5.41) is 21.3. The van der Waals surface area contributed by atoms with E-state index >= 15 is 0 Å². The van der Waals surface area contributed by atoms with Crippen LogP contribution in [0.15, 0.2) is 46.9 Å². The number of rotatable bonds is 9. The third-order valence-corrected chi connectivity index (χ3v) is 5.74. The van der Waals surface area contributed by atoms with Crippen LogP contribution in [-0.2, 0) is 18.4 Å². The van der Waals surface area contributed by atoms with Crippen molar-refractivity contribution in [2.24, 2.45) is 7.05 Å². The molecule has 1 unspecified atom stereocenters. The van der Waals surface area contributed by atoms with Crippen LogP contribution in [0.3, 0.4) is 0 Å². The second-order valence-corrected chi connectivity index (χ2v) is 7.67. The molecule has 8 heteroatoms. The van der Waals surface area contributed by atoms with Crippen LogP contribution in [0.25, 0.3) is 11.4 Å². The maximum atomic E-state index is 10.1. The maximum Gasteiger partial charge on any atom is 0.191 e. The van der Waals surface area contributed by atoms with Gasteiger partial charge in [0.15, 0.2) is 11.0 Å². The van der Waals surface area contributed by atoms with Crippen molar-refractivity contribution in [3.8, 4) is 17.1 Å². The topological polar surface area (TPSA) is 69.4 Å². The zero-order valence-electron chi connectivity index (χ0n) is 14.7. The largest absolute Gasteiger partial charge is 0.497 e. The number of methoxy groups -OCH3 is 1. The highest BCUT2D eigenvalue weighted by molar-refractivity contribution is 7.99. The summed E-state index contributed by atoms with van der Waals surface area (Å²) in [6, 6.07) is 11.7. The third kappa shape index (κ3) is 4.85. The van der Waals surface area contributed by atoms with Crippen molar-refractivity contribution in [3.05, 3.63) is 46.7 Å². The van der Waals surface area contributed by atoms with Crippen molar-refractivity contribution < 1.29 is 14.6 Å². The number of hydrogen-bond donors (Lipinski definition) is 1. The lowest BCUT2D eigenvalue weighted by Gasteiger charge is -2.10. The van der Waals surface area contributed by atoms with Gasteiger partial charge < -0.3 is 19.1 Å². The van der Waals surface area contributed by atoms with Crippen LogP contribution >= 0.6 is 23.1 Å². The second kappa shape index (κ2) is 9.18. The summed E-state index contributed by atoms with van der Waals surface area (Å²) < 4.78 is 12.6. The fourth-order valence-electron chi connectivity index (χ4n) is 2.34. The monoisotopic (exact) mass is 391 g/mol. The lowest BCUT2D eigenvalue weighted by molar-refractivity contribution is 0.0408. The number of aliphatic hydroxyl groups excluding tert-OH is 1. The van der Waals surface area contributed by atoms with E-state index in [0.717, 1.165) is 27.2 Å². The lowest BCUT2D eigenvalue weighted by atomic mass is 10.2. The molecule has 3 aromatic rings. The highest BCUT2D eigenvalue weighted by Gasteiger charge is 2.13. The Balaban J connectivity index is 1.51. The first kappa shape index (κ1) is 18.9. The minimum Gasteiger partial charge on any atom is -0.497 e. The standard InChI is InChI=1S/C18H21N3O3S2/c1-21-17(13-5-7-15(23-2)8-6-13)19-20-18(21)26-12-14(22)10-24-11-16-4-3-9-25-16/h3-9,14,22H,10-12H2,1-2H3. The zero-order valence-corrected chi connectivity index (χ0v) is 16.3. The van der Waals surface area contributed by atoms with Gasteiger partial charge in [0, 0.05) is 23.2 Å². The van der Waals surface area contributed by atoms with Crippen LogP contribution in [0.1, 0.15) is 4.88 Å². The van der Waals surface area contributed by atoms with Gasteiger partial charge in [-0.15, -0.1) is 21.5 Å². The summed E-state index contributed by atoms with van der Waals surface area (Å²) in [5.41, 5.74) is 0.965. The minimum atomic E-state index is -0.555. The molecular formula is C18H21N3O3S2. The molecular weight excluding hydrogens is 370 g/mol. The van der Waals surface area contributed by atoms with E-state index in [-0.39, 0.29) is 0 Å². The van der Waals surface area contributed by atoms with Crippen LogP contribution < -0.4 is 4.74 Å². The molecule has 1 atom stereocenters. The van der Waals surface area contributed by atoms with Gasteiger partial charge in [0.05, 0.1) is 26.4 Å². The number of aromatic nitrogens is 3. The summed E-state index contributed by atoms with van der Waals surface area (Å²) in [7, 11) is 3.56. The van der Waals surface area contributed by atoms with Crippen LogP contribution in [-0.4, -0.2) is 45.4 Å². The van der Waals surface area contributed by atoms with Crippen LogP contribution in [0, 0.1) is 0 Å². The summed E-state index contributed by atoms with van der Waals surface area (Å²) >= 11 is 3.11. The predicted molar refractivity (Wildman–Crippen MR) is 104 cm³/mol. The molecule has 0 aliphatic carbocycles. The number of aliphatic hydroxyl groups is 1. The molecule has 0 radical (unpaired) electrons. The first-order valence-electron chi connectivity index (χ1n) is 8.12. The molecule has 1 N–H and O–H groups in total. The summed E-state index contributed by atoms with van der Waals surface area (Å²) in [6.07, 6.45) is -0.555. The average Bonchev–Trinajstić information content (AvgIpc) is 3.30. The van der Waals surface area contributed by atoms with Crippen LogP contribution in [0.4, 0.5) is 0 Å². The van der Waals surface area contributed by atoms with E-state index in [1.54, 1.807) is 18.4 Å². The molecule has 0 bridgehead atoms. The fraction of sp³-hybridized carbons (Fsp3) is 0.333. The first-order valence-corrected chi connectivity index (χ1v) is 9.98. The van der Waals surface area contributed by atoms with E-state index in [2.05, 4.69) is 10.2 Å². The van der Waals surface area contributed by atoms with Gasteiger partial charge in [0.1, 0.15) is 5.75 Å². The fourth-order valence-corrected chi connectivity index (χ4v) is 3.80. The van der Waals surface area contributed by atoms with Crippen molar-refractivity contribution in [1.29, 1.82) is 0 Å². The predicted octanol–water partition coefficient (Wildman–Crippen LogP) is 3.22. The summed E-state index contributed by atoms with van der Waals surface area (Å²) in [5.74, 6) is 2.08. The Bertz CT molecular complexity index is 804. The van der Waals surface area contributed by atoms with Crippen molar-refractivity contribution in [2.75, 3.05) is 19.5 Å². The number of nitrogens with zero attached hydrogens (tertiary/aromatic N) is 3. The average molecular weight is 392 g/mol. The molecule has 0 aliphatic rings. The van der Waals surface area contributed by atoms with E-state index in [4.69, 9.17) is 9.47 Å². The van der Waals surface area contributed by atoms with Gasteiger partial charge in [-0.05, 0) is 35.7 Å². The molecule has 0 amide bonds. The molecule has 0 saturated carbocycles. The number of hydrogen-bond acceptors (Lipinski definition) is 7. The van der Waals surface area contributed by atoms with E-state index < -0.39 is 6.10 Å². The molecule has 6 nitrogen and oxygen atoms in total. The lowest BCUT2D eigenvalue weighted by Crippen LogP contribution is -2.18. The smallest absolute Gasteiger partial charge is 0.191 e. The van der Waals surface area contributed by atoms with Gasteiger partial charge >= 0.3 is 0 Å². The highest BCUT2D eigenvalue weighted by atomic mass is 32.2. The van der Waals surface area contributed by atoms with Crippen LogP contribution in [0.2, 0.25) is 0 Å². The Morgan fingerprint density at radius 3 is 2.73 bits per heavy atom. The van der Waals surface area contributed by atoms with Gasteiger partial charge in [-0.2, -0.15) is 0 Å². The van der Waals surface area contributed by atoms with Crippen molar-refractivity contribution in [3.63, 3.8) is 0 Å². The Kier molecular flexibility index (Phi) is 6.67. The molecule has 138 valence electrons. The molecule has 3 rings (SSSR count). The van der Waals surface area contributed by atoms with Gasteiger partial charge in [-0.3, -0.25) is 0 Å². The quantitative estimate of drug-likeness (QED) is 0.565. The Morgan fingerprint density at radius 2 is 2.04 bits per heavy atom. The molecule has 0 saturated heterocycles. The van der Waals surface area contributed by atoms with Gasteiger partial charge in [-0.25, -0.2) is 0 Å². The molecule has 1 aromatic carbocycles. The number of thiophene rings is 1. The highest BCUT2D eigenvalue weighted by Crippen LogP contribution is 2.24. The Hall–Kier alpha value is -1.87. The van der Waals surface area contributed by atoms with Gasteiger partial charge in [0.2, 0.25) is 0 Å². The summed E-state index contributed by atoms with van der Waals surface area (Å²) in [6.45, 7) is 0.832. The maximum absolute atomic E-state index is 10.1. The molecule has 0 fully saturated rings. The molecule has 26 heavy (non-hydrogen) atoms. The normalized spacial score (nSPS) is 12.3. The van der Waals surface area contributed by atoms with Gasteiger partial charge in [-0.1, -0.05) is 17.8 Å².